The number of amides is 1. The minimum Gasteiger partial charge on any atom is -0.339 e. The fraction of sp³-hybridized carbons (Fsp3) is 0.692. The Balaban J connectivity index is 2.88. The second kappa shape index (κ2) is 5.52. The number of aromatic nitrogens is 2. The SMILES string of the molecule is CNCCN(C)C(=O)c1cc(C)n(C(C)(C)C)n1. The van der Waals surface area contributed by atoms with Gasteiger partial charge in [0.1, 0.15) is 0 Å². The Labute approximate surface area is 109 Å². The predicted octanol–water partition coefficient (Wildman–Crippen LogP) is 1.24. The number of rotatable bonds is 4. The first-order valence-corrected chi connectivity index (χ1v) is 6.24. The van der Waals surface area contributed by atoms with Crippen molar-refractivity contribution in [3.63, 3.8) is 0 Å². The molecule has 0 radical (unpaired) electrons. The van der Waals surface area contributed by atoms with Crippen LogP contribution in [0.15, 0.2) is 6.07 Å². The van der Waals surface area contributed by atoms with Gasteiger partial charge in [0.15, 0.2) is 5.69 Å². The van der Waals surface area contributed by atoms with Crippen LogP contribution in [0, 0.1) is 6.92 Å². The fourth-order valence-corrected chi connectivity index (χ4v) is 1.83. The highest BCUT2D eigenvalue weighted by Crippen LogP contribution is 2.17. The van der Waals surface area contributed by atoms with Crippen molar-refractivity contribution in [2.75, 3.05) is 27.2 Å². The third kappa shape index (κ3) is 3.32. The highest BCUT2D eigenvalue weighted by molar-refractivity contribution is 5.92. The number of aryl methyl sites for hydroxylation is 1. The van der Waals surface area contributed by atoms with Crippen LogP contribution in [-0.4, -0.2) is 47.8 Å². The Morgan fingerprint density at radius 1 is 1.50 bits per heavy atom. The van der Waals surface area contributed by atoms with Gasteiger partial charge in [-0.25, -0.2) is 0 Å². The molecule has 1 heterocycles. The second-order valence-corrected chi connectivity index (χ2v) is 5.58. The van der Waals surface area contributed by atoms with Crippen LogP contribution in [-0.2, 0) is 5.54 Å². The van der Waals surface area contributed by atoms with E-state index in [1.165, 1.54) is 0 Å². The van der Waals surface area contributed by atoms with Crippen molar-refractivity contribution in [2.45, 2.75) is 33.2 Å². The summed E-state index contributed by atoms with van der Waals surface area (Å²) >= 11 is 0. The molecule has 0 bridgehead atoms. The van der Waals surface area contributed by atoms with E-state index in [-0.39, 0.29) is 11.4 Å². The molecule has 5 nitrogen and oxygen atoms in total. The summed E-state index contributed by atoms with van der Waals surface area (Å²) in [5, 5.41) is 7.44. The molecule has 0 unspecified atom stereocenters. The average Bonchev–Trinajstić information content (AvgIpc) is 2.66. The van der Waals surface area contributed by atoms with Gasteiger partial charge in [-0.3, -0.25) is 9.48 Å². The van der Waals surface area contributed by atoms with Crippen molar-refractivity contribution in [3.8, 4) is 0 Å². The zero-order valence-electron chi connectivity index (χ0n) is 12.2. The minimum absolute atomic E-state index is 0.0312. The Morgan fingerprint density at radius 2 is 2.11 bits per heavy atom. The number of hydrogen-bond donors (Lipinski definition) is 1. The molecule has 0 atom stereocenters. The predicted molar refractivity (Wildman–Crippen MR) is 72.8 cm³/mol. The monoisotopic (exact) mass is 252 g/mol. The molecule has 1 aromatic rings. The van der Waals surface area contributed by atoms with E-state index in [1.54, 1.807) is 11.9 Å². The van der Waals surface area contributed by atoms with Gasteiger partial charge >= 0.3 is 0 Å². The molecule has 1 N–H and O–H groups in total. The van der Waals surface area contributed by atoms with E-state index in [2.05, 4.69) is 31.2 Å². The molecule has 18 heavy (non-hydrogen) atoms. The van der Waals surface area contributed by atoms with E-state index in [0.717, 1.165) is 12.2 Å². The van der Waals surface area contributed by atoms with Crippen LogP contribution in [0.3, 0.4) is 0 Å². The van der Waals surface area contributed by atoms with Gasteiger partial charge in [0.2, 0.25) is 0 Å². The molecule has 0 aromatic carbocycles. The molecule has 102 valence electrons. The van der Waals surface area contributed by atoms with Gasteiger partial charge in [-0.1, -0.05) is 0 Å². The summed E-state index contributed by atoms with van der Waals surface area (Å²) in [6.07, 6.45) is 0. The maximum Gasteiger partial charge on any atom is 0.274 e. The number of nitrogens with zero attached hydrogens (tertiary/aromatic N) is 3. The first kappa shape index (κ1) is 14.7. The molecule has 0 aliphatic rings. The van der Waals surface area contributed by atoms with Crippen LogP contribution in [0.4, 0.5) is 0 Å². The number of hydrogen-bond acceptors (Lipinski definition) is 3. The Hall–Kier alpha value is -1.36. The van der Waals surface area contributed by atoms with E-state index in [9.17, 15) is 4.79 Å². The molecule has 1 aromatic heterocycles. The molecule has 1 amide bonds. The summed E-state index contributed by atoms with van der Waals surface area (Å²) in [6, 6.07) is 1.85. The number of carbonyl (C=O) groups is 1. The lowest BCUT2D eigenvalue weighted by molar-refractivity contribution is 0.0789. The van der Waals surface area contributed by atoms with Crippen molar-refractivity contribution in [3.05, 3.63) is 17.5 Å². The minimum atomic E-state index is -0.105. The maximum atomic E-state index is 12.2. The van der Waals surface area contributed by atoms with Crippen molar-refractivity contribution >= 4 is 5.91 Å². The van der Waals surface area contributed by atoms with E-state index in [1.807, 2.05) is 24.7 Å². The molecule has 0 saturated carbocycles. The van der Waals surface area contributed by atoms with E-state index in [4.69, 9.17) is 0 Å². The largest absolute Gasteiger partial charge is 0.339 e. The molecule has 5 heteroatoms. The van der Waals surface area contributed by atoms with Gasteiger partial charge in [-0.15, -0.1) is 0 Å². The van der Waals surface area contributed by atoms with Crippen LogP contribution in [0.5, 0.6) is 0 Å². The summed E-state index contributed by atoms with van der Waals surface area (Å²) in [7, 11) is 3.67. The lowest BCUT2D eigenvalue weighted by Crippen LogP contribution is -2.33. The van der Waals surface area contributed by atoms with Gasteiger partial charge in [0.05, 0.1) is 5.54 Å². The molecule has 0 aliphatic carbocycles. The lowest BCUT2D eigenvalue weighted by Gasteiger charge is -2.21. The molecular formula is C13H24N4O. The van der Waals surface area contributed by atoms with Gasteiger partial charge in [0, 0.05) is 25.8 Å². The van der Waals surface area contributed by atoms with Crippen LogP contribution >= 0.6 is 0 Å². The molecular weight excluding hydrogens is 228 g/mol. The van der Waals surface area contributed by atoms with Crippen LogP contribution in [0.25, 0.3) is 0 Å². The van der Waals surface area contributed by atoms with Crippen LogP contribution in [0.2, 0.25) is 0 Å². The maximum absolute atomic E-state index is 12.2. The fourth-order valence-electron chi connectivity index (χ4n) is 1.83. The molecule has 1 rings (SSSR count). The molecule has 0 aliphatic heterocycles. The van der Waals surface area contributed by atoms with Gasteiger partial charge in [-0.05, 0) is 40.8 Å². The molecule has 0 spiro atoms. The highest BCUT2D eigenvalue weighted by atomic mass is 16.2. The quantitative estimate of drug-likeness (QED) is 0.877. The first-order valence-electron chi connectivity index (χ1n) is 6.24. The summed E-state index contributed by atoms with van der Waals surface area (Å²) < 4.78 is 1.89. The van der Waals surface area contributed by atoms with Gasteiger partial charge < -0.3 is 10.2 Å². The third-order valence-corrected chi connectivity index (χ3v) is 2.79. The van der Waals surface area contributed by atoms with Gasteiger partial charge in [-0.2, -0.15) is 5.10 Å². The standard InChI is InChI=1S/C13H24N4O/c1-10-9-11(15-17(10)13(2,3)4)12(18)16(6)8-7-14-5/h9,14H,7-8H2,1-6H3. The topological polar surface area (TPSA) is 50.2 Å². The molecule has 0 fully saturated rings. The number of likely N-dealkylation sites (N-methyl/N-ethyl adjacent to an activating group) is 2. The zero-order chi connectivity index (χ0) is 13.9. The van der Waals surface area contributed by atoms with Gasteiger partial charge in [0.25, 0.3) is 5.91 Å². The van der Waals surface area contributed by atoms with Crippen LogP contribution in [0.1, 0.15) is 37.0 Å². The van der Waals surface area contributed by atoms with E-state index >= 15 is 0 Å². The van der Waals surface area contributed by atoms with Crippen molar-refractivity contribution < 1.29 is 4.79 Å². The normalized spacial score (nSPS) is 11.7. The second-order valence-electron chi connectivity index (χ2n) is 5.58. The lowest BCUT2D eigenvalue weighted by atomic mass is 10.1. The summed E-state index contributed by atoms with van der Waals surface area (Å²) in [4.78, 5) is 13.9. The summed E-state index contributed by atoms with van der Waals surface area (Å²) in [6.45, 7) is 9.66. The summed E-state index contributed by atoms with van der Waals surface area (Å²) in [5.74, 6) is -0.0312. The number of nitrogens with one attached hydrogen (secondary N) is 1. The Kier molecular flexibility index (Phi) is 4.51. The first-order chi connectivity index (χ1) is 8.27. The van der Waals surface area contributed by atoms with E-state index < -0.39 is 0 Å². The summed E-state index contributed by atoms with van der Waals surface area (Å²) in [5.41, 5.74) is 1.42. The Morgan fingerprint density at radius 3 is 2.56 bits per heavy atom. The van der Waals surface area contributed by atoms with Crippen molar-refractivity contribution in [1.29, 1.82) is 0 Å². The highest BCUT2D eigenvalue weighted by Gasteiger charge is 2.21. The third-order valence-electron chi connectivity index (χ3n) is 2.79. The average molecular weight is 252 g/mol. The smallest absolute Gasteiger partial charge is 0.274 e. The number of carbonyl (C=O) groups excluding carboxylic acids is 1. The Bertz CT molecular complexity index is 417. The van der Waals surface area contributed by atoms with Crippen LogP contribution < -0.4 is 5.32 Å². The van der Waals surface area contributed by atoms with Crippen molar-refractivity contribution in [2.24, 2.45) is 0 Å². The zero-order valence-corrected chi connectivity index (χ0v) is 12.2. The molecule has 0 saturated heterocycles. The van der Waals surface area contributed by atoms with Crippen molar-refractivity contribution in [1.82, 2.24) is 20.0 Å². The van der Waals surface area contributed by atoms with E-state index in [0.29, 0.717) is 12.2 Å².